The molecule has 0 saturated heterocycles. The van der Waals surface area contributed by atoms with Crippen LogP contribution < -0.4 is 5.48 Å². The lowest BCUT2D eigenvalue weighted by Gasteiger charge is -2.10. The standard InChI is InChI=1S/C10H12BrNO2S/c1-7(10(13)12-14-2)15-9-5-3-8(11)4-6-9/h3-7H,1-2H3,(H,12,13)/t7-/m0/s1. The van der Waals surface area contributed by atoms with Crippen molar-refractivity contribution in [2.45, 2.75) is 17.1 Å². The van der Waals surface area contributed by atoms with Crippen LogP contribution >= 0.6 is 27.7 Å². The van der Waals surface area contributed by atoms with E-state index in [-0.39, 0.29) is 11.2 Å². The van der Waals surface area contributed by atoms with Gasteiger partial charge in [0.2, 0.25) is 0 Å². The van der Waals surface area contributed by atoms with Crippen molar-refractivity contribution in [2.75, 3.05) is 7.11 Å². The highest BCUT2D eigenvalue weighted by Crippen LogP contribution is 2.24. The van der Waals surface area contributed by atoms with Gasteiger partial charge in [-0.3, -0.25) is 9.63 Å². The van der Waals surface area contributed by atoms with Crippen molar-refractivity contribution in [2.24, 2.45) is 0 Å². The zero-order chi connectivity index (χ0) is 11.3. The number of nitrogens with one attached hydrogen (secondary N) is 1. The number of thioether (sulfide) groups is 1. The van der Waals surface area contributed by atoms with E-state index in [4.69, 9.17) is 0 Å². The van der Waals surface area contributed by atoms with Crippen LogP contribution in [0.2, 0.25) is 0 Å². The van der Waals surface area contributed by atoms with Crippen LogP contribution in [0.25, 0.3) is 0 Å². The number of hydroxylamine groups is 1. The molecule has 0 aliphatic heterocycles. The number of benzene rings is 1. The van der Waals surface area contributed by atoms with Crippen molar-refractivity contribution < 1.29 is 9.63 Å². The maximum absolute atomic E-state index is 11.3. The number of carbonyl (C=O) groups is 1. The van der Waals surface area contributed by atoms with Crippen molar-refractivity contribution >= 4 is 33.6 Å². The van der Waals surface area contributed by atoms with Crippen molar-refractivity contribution in [1.29, 1.82) is 0 Å². The molecule has 0 spiro atoms. The van der Waals surface area contributed by atoms with Gasteiger partial charge in [0.25, 0.3) is 5.91 Å². The number of amides is 1. The van der Waals surface area contributed by atoms with E-state index in [1.807, 2.05) is 31.2 Å². The molecule has 5 heteroatoms. The predicted octanol–water partition coefficient (Wildman–Crippen LogP) is 2.61. The Bertz CT molecular complexity index is 329. The van der Waals surface area contributed by atoms with Crippen LogP contribution in [0.3, 0.4) is 0 Å². The number of halogens is 1. The molecule has 0 heterocycles. The predicted molar refractivity (Wildman–Crippen MR) is 64.6 cm³/mol. The number of rotatable bonds is 4. The van der Waals surface area contributed by atoms with E-state index < -0.39 is 0 Å². The first-order valence-electron chi connectivity index (χ1n) is 4.38. The molecule has 1 aromatic rings. The van der Waals surface area contributed by atoms with Crippen LogP contribution in [-0.2, 0) is 9.63 Å². The summed E-state index contributed by atoms with van der Waals surface area (Å²) in [4.78, 5) is 17.0. The molecular weight excluding hydrogens is 278 g/mol. The fourth-order valence-electron chi connectivity index (χ4n) is 0.954. The summed E-state index contributed by atoms with van der Waals surface area (Å²) in [6.45, 7) is 1.83. The Morgan fingerprint density at radius 2 is 2.07 bits per heavy atom. The maximum atomic E-state index is 11.3. The third-order valence-electron chi connectivity index (χ3n) is 1.70. The van der Waals surface area contributed by atoms with Crippen LogP contribution in [0, 0.1) is 0 Å². The molecule has 1 atom stereocenters. The monoisotopic (exact) mass is 289 g/mol. The van der Waals surface area contributed by atoms with Gasteiger partial charge in [-0.1, -0.05) is 15.9 Å². The zero-order valence-corrected chi connectivity index (χ0v) is 10.9. The van der Waals surface area contributed by atoms with Gasteiger partial charge < -0.3 is 0 Å². The Balaban J connectivity index is 2.54. The minimum Gasteiger partial charge on any atom is -0.277 e. The summed E-state index contributed by atoms with van der Waals surface area (Å²) < 4.78 is 1.03. The van der Waals surface area contributed by atoms with E-state index in [0.717, 1.165) is 9.37 Å². The van der Waals surface area contributed by atoms with Crippen LogP contribution in [-0.4, -0.2) is 18.3 Å². The van der Waals surface area contributed by atoms with Gasteiger partial charge in [0, 0.05) is 9.37 Å². The lowest BCUT2D eigenvalue weighted by atomic mass is 10.4. The molecule has 0 fully saturated rings. The van der Waals surface area contributed by atoms with E-state index in [1.54, 1.807) is 0 Å². The molecule has 1 rings (SSSR count). The Labute approximate surface area is 102 Å². The van der Waals surface area contributed by atoms with E-state index in [0.29, 0.717) is 0 Å². The molecule has 1 N–H and O–H groups in total. The second-order valence-corrected chi connectivity index (χ2v) is 5.21. The van der Waals surface area contributed by atoms with Gasteiger partial charge >= 0.3 is 0 Å². The van der Waals surface area contributed by atoms with Crippen molar-refractivity contribution in [3.63, 3.8) is 0 Å². The van der Waals surface area contributed by atoms with E-state index in [1.165, 1.54) is 18.9 Å². The van der Waals surface area contributed by atoms with Gasteiger partial charge in [-0.15, -0.1) is 11.8 Å². The first kappa shape index (κ1) is 12.5. The van der Waals surface area contributed by atoms with E-state index in [9.17, 15) is 4.79 Å². The third kappa shape index (κ3) is 4.24. The van der Waals surface area contributed by atoms with Gasteiger partial charge in [-0.25, -0.2) is 5.48 Å². The molecular formula is C10H12BrNO2S. The fourth-order valence-corrected chi connectivity index (χ4v) is 2.08. The van der Waals surface area contributed by atoms with Crippen molar-refractivity contribution in [1.82, 2.24) is 5.48 Å². The van der Waals surface area contributed by atoms with Crippen LogP contribution in [0.15, 0.2) is 33.6 Å². The summed E-state index contributed by atoms with van der Waals surface area (Å²) in [5.74, 6) is -0.134. The van der Waals surface area contributed by atoms with Gasteiger partial charge in [-0.05, 0) is 31.2 Å². The van der Waals surface area contributed by atoms with Gasteiger partial charge in [0.15, 0.2) is 0 Å². The summed E-state index contributed by atoms with van der Waals surface area (Å²) >= 11 is 4.84. The quantitative estimate of drug-likeness (QED) is 0.684. The molecule has 0 radical (unpaired) electrons. The van der Waals surface area contributed by atoms with Gasteiger partial charge in [-0.2, -0.15) is 0 Å². The van der Waals surface area contributed by atoms with Crippen molar-refractivity contribution in [3.05, 3.63) is 28.7 Å². The molecule has 1 amide bonds. The minimum atomic E-state index is -0.175. The summed E-state index contributed by atoms with van der Waals surface area (Å²) in [6, 6.07) is 7.82. The van der Waals surface area contributed by atoms with Crippen LogP contribution in [0.5, 0.6) is 0 Å². The molecule has 3 nitrogen and oxygen atoms in total. The number of hydrogen-bond acceptors (Lipinski definition) is 3. The molecule has 0 aromatic heterocycles. The lowest BCUT2D eigenvalue weighted by Crippen LogP contribution is -2.29. The average molecular weight is 290 g/mol. The van der Waals surface area contributed by atoms with Gasteiger partial charge in [0.1, 0.15) is 0 Å². The Morgan fingerprint density at radius 1 is 1.47 bits per heavy atom. The minimum absolute atomic E-state index is 0.134. The van der Waals surface area contributed by atoms with E-state index >= 15 is 0 Å². The maximum Gasteiger partial charge on any atom is 0.256 e. The number of carbonyl (C=O) groups excluding carboxylic acids is 1. The second-order valence-electron chi connectivity index (χ2n) is 2.88. The van der Waals surface area contributed by atoms with Crippen LogP contribution in [0.4, 0.5) is 0 Å². The summed E-state index contributed by atoms with van der Waals surface area (Å²) in [7, 11) is 1.43. The number of hydrogen-bond donors (Lipinski definition) is 1. The molecule has 1 aromatic carbocycles. The summed E-state index contributed by atoms with van der Waals surface area (Å²) in [5.41, 5.74) is 2.31. The Kier molecular flexibility index (Phi) is 5.14. The SMILES string of the molecule is CONC(=O)[C@H](C)Sc1ccc(Br)cc1. The highest BCUT2D eigenvalue weighted by Gasteiger charge is 2.13. The van der Waals surface area contributed by atoms with Crippen molar-refractivity contribution in [3.8, 4) is 0 Å². The molecule has 15 heavy (non-hydrogen) atoms. The highest BCUT2D eigenvalue weighted by atomic mass is 79.9. The zero-order valence-electron chi connectivity index (χ0n) is 8.49. The Morgan fingerprint density at radius 3 is 2.60 bits per heavy atom. The smallest absolute Gasteiger partial charge is 0.256 e. The molecule has 0 saturated carbocycles. The van der Waals surface area contributed by atoms with Gasteiger partial charge in [0.05, 0.1) is 12.4 Å². The molecule has 0 aliphatic rings. The van der Waals surface area contributed by atoms with E-state index in [2.05, 4.69) is 26.2 Å². The highest BCUT2D eigenvalue weighted by molar-refractivity contribution is 9.10. The molecule has 82 valence electrons. The third-order valence-corrected chi connectivity index (χ3v) is 3.34. The first-order valence-corrected chi connectivity index (χ1v) is 6.06. The first-order chi connectivity index (χ1) is 7.13. The largest absolute Gasteiger partial charge is 0.277 e. The summed E-state index contributed by atoms with van der Waals surface area (Å²) in [5, 5.41) is -0.175. The topological polar surface area (TPSA) is 38.3 Å². The molecule has 0 unspecified atom stereocenters. The summed E-state index contributed by atoms with van der Waals surface area (Å²) in [6.07, 6.45) is 0. The molecule has 0 aliphatic carbocycles. The normalized spacial score (nSPS) is 12.2. The Hall–Kier alpha value is -0.520. The molecule has 0 bridgehead atoms. The lowest BCUT2D eigenvalue weighted by molar-refractivity contribution is -0.130. The fraction of sp³-hybridized carbons (Fsp3) is 0.300. The van der Waals surface area contributed by atoms with Crippen LogP contribution in [0.1, 0.15) is 6.92 Å². The average Bonchev–Trinajstić information content (AvgIpc) is 2.22. The second kappa shape index (κ2) is 6.15.